The molecule has 4 aromatic rings. The number of hydrogen-bond donors (Lipinski definition) is 3. The van der Waals surface area contributed by atoms with E-state index in [1.165, 1.54) is 0 Å². The minimum Gasteiger partial charge on any atom is -0.348 e. The Morgan fingerprint density at radius 2 is 1.30 bits per heavy atom. The summed E-state index contributed by atoms with van der Waals surface area (Å²) in [6.07, 6.45) is 1.09. The Balaban J connectivity index is 0.00000380. The summed E-state index contributed by atoms with van der Waals surface area (Å²) in [6.45, 7) is 2.41. The maximum absolute atomic E-state index is 13.6. The molecule has 0 aliphatic rings. The van der Waals surface area contributed by atoms with Crippen molar-refractivity contribution >= 4 is 35.0 Å². The van der Waals surface area contributed by atoms with Crippen LogP contribution in [0.5, 0.6) is 0 Å². The van der Waals surface area contributed by atoms with Crippen LogP contribution in [0.15, 0.2) is 103 Å². The largest absolute Gasteiger partial charge is 0.348 e. The zero-order chi connectivity index (χ0) is 25.3. The van der Waals surface area contributed by atoms with E-state index < -0.39 is 12.0 Å². The van der Waals surface area contributed by atoms with Crippen molar-refractivity contribution in [2.24, 2.45) is 5.73 Å². The minimum absolute atomic E-state index is 0. The molecule has 37 heavy (non-hydrogen) atoms. The van der Waals surface area contributed by atoms with Crippen LogP contribution in [0.2, 0.25) is 0 Å². The first-order valence-electron chi connectivity index (χ1n) is 12.5. The fourth-order valence-corrected chi connectivity index (χ4v) is 4.65. The smallest absolute Gasteiger partial charge is 0.243 e. The van der Waals surface area contributed by atoms with Crippen LogP contribution in [0, 0.1) is 0 Å². The predicted octanol–water partition coefficient (Wildman–Crippen LogP) is 5.49. The second-order valence-corrected chi connectivity index (χ2v) is 9.05. The van der Waals surface area contributed by atoms with E-state index >= 15 is 0 Å². The van der Waals surface area contributed by atoms with Crippen molar-refractivity contribution in [3.8, 4) is 0 Å². The number of fused-ring (bicyclic) bond motifs is 1. The monoisotopic (exact) mass is 515 g/mol. The SMILES string of the molecule is C[C@@H](NC(=O)[C@@H](CCCN)NC(=O)C(c1ccccc1)c1ccccc1)c1cccc2ccccc12.Cl. The molecule has 4 rings (SSSR count). The molecular weight excluding hydrogens is 482 g/mol. The zero-order valence-electron chi connectivity index (χ0n) is 21.0. The first-order chi connectivity index (χ1) is 17.6. The highest BCUT2D eigenvalue weighted by atomic mass is 35.5. The van der Waals surface area contributed by atoms with Crippen molar-refractivity contribution in [1.82, 2.24) is 10.6 Å². The van der Waals surface area contributed by atoms with Crippen molar-refractivity contribution in [2.75, 3.05) is 6.54 Å². The van der Waals surface area contributed by atoms with Crippen LogP contribution in [0.3, 0.4) is 0 Å². The Hall–Kier alpha value is -3.67. The molecule has 0 heterocycles. The normalized spacial score (nSPS) is 12.4. The number of nitrogens with two attached hydrogens (primary N) is 1. The summed E-state index contributed by atoms with van der Waals surface area (Å²) >= 11 is 0. The Morgan fingerprint density at radius 3 is 1.92 bits per heavy atom. The van der Waals surface area contributed by atoms with Crippen LogP contribution < -0.4 is 16.4 Å². The fraction of sp³-hybridized carbons (Fsp3) is 0.226. The van der Waals surface area contributed by atoms with Crippen molar-refractivity contribution in [3.05, 3.63) is 120 Å². The molecule has 0 aromatic heterocycles. The van der Waals surface area contributed by atoms with Crippen LogP contribution in [-0.2, 0) is 9.59 Å². The lowest BCUT2D eigenvalue weighted by Crippen LogP contribution is -2.49. The first kappa shape index (κ1) is 27.9. The molecule has 0 unspecified atom stereocenters. The average Bonchev–Trinajstić information content (AvgIpc) is 2.92. The van der Waals surface area contributed by atoms with Gasteiger partial charge in [-0.2, -0.15) is 0 Å². The molecule has 0 saturated carbocycles. The van der Waals surface area contributed by atoms with E-state index in [1.807, 2.05) is 91.9 Å². The van der Waals surface area contributed by atoms with Gasteiger partial charge < -0.3 is 16.4 Å². The van der Waals surface area contributed by atoms with E-state index in [9.17, 15) is 9.59 Å². The predicted molar refractivity (Wildman–Crippen MR) is 153 cm³/mol. The van der Waals surface area contributed by atoms with Gasteiger partial charge in [0.15, 0.2) is 0 Å². The molecule has 4 N–H and O–H groups in total. The lowest BCUT2D eigenvalue weighted by atomic mass is 9.90. The number of carbonyl (C=O) groups is 2. The van der Waals surface area contributed by atoms with Crippen LogP contribution in [-0.4, -0.2) is 24.4 Å². The quantitative estimate of drug-likeness (QED) is 0.261. The molecule has 2 atom stereocenters. The molecule has 0 spiro atoms. The molecule has 0 bridgehead atoms. The van der Waals surface area contributed by atoms with Gasteiger partial charge in [-0.1, -0.05) is 103 Å². The number of hydrogen-bond acceptors (Lipinski definition) is 3. The second kappa shape index (κ2) is 13.6. The Kier molecular flexibility index (Phi) is 10.2. The Bertz CT molecular complexity index is 1250. The Morgan fingerprint density at radius 1 is 0.730 bits per heavy atom. The number of benzene rings is 4. The van der Waals surface area contributed by atoms with Gasteiger partial charge >= 0.3 is 0 Å². The number of amides is 2. The molecular formula is C31H34ClN3O2. The maximum atomic E-state index is 13.6. The van der Waals surface area contributed by atoms with E-state index in [0.717, 1.165) is 27.5 Å². The van der Waals surface area contributed by atoms with Crippen LogP contribution in [0.4, 0.5) is 0 Å². The number of halogens is 1. The summed E-state index contributed by atoms with van der Waals surface area (Å²) in [5, 5.41) is 8.39. The molecule has 2 amide bonds. The molecule has 0 radical (unpaired) electrons. The van der Waals surface area contributed by atoms with Crippen molar-refractivity contribution < 1.29 is 9.59 Å². The molecule has 5 nitrogen and oxygen atoms in total. The first-order valence-corrected chi connectivity index (χ1v) is 12.5. The summed E-state index contributed by atoms with van der Waals surface area (Å²) in [7, 11) is 0. The highest BCUT2D eigenvalue weighted by molar-refractivity contribution is 5.93. The zero-order valence-corrected chi connectivity index (χ0v) is 21.8. The molecule has 192 valence electrons. The molecule has 6 heteroatoms. The Labute approximate surface area is 224 Å². The van der Waals surface area contributed by atoms with E-state index in [2.05, 4.69) is 28.8 Å². The van der Waals surface area contributed by atoms with Gasteiger partial charge in [0.1, 0.15) is 6.04 Å². The summed E-state index contributed by atoms with van der Waals surface area (Å²) in [5.74, 6) is -0.935. The standard InChI is InChI=1S/C31H33N3O2.ClH/c1-22(26-19-10-17-23-12-8-9-18-27(23)26)33-30(35)28(20-11-21-32)34-31(36)29(24-13-4-2-5-14-24)25-15-6-3-7-16-25;/h2-10,12-19,22,28-29H,11,20-21,32H2,1H3,(H,33,35)(H,34,36);1H/t22-,28-;/m1./s1. The molecule has 0 aliphatic heterocycles. The minimum atomic E-state index is -0.687. The van der Waals surface area contributed by atoms with E-state index in [0.29, 0.717) is 19.4 Å². The van der Waals surface area contributed by atoms with Gasteiger partial charge in [-0.05, 0) is 53.8 Å². The number of carbonyl (C=O) groups excluding carboxylic acids is 2. The van der Waals surface area contributed by atoms with Crippen LogP contribution in [0.25, 0.3) is 10.8 Å². The van der Waals surface area contributed by atoms with Gasteiger partial charge in [-0.25, -0.2) is 0 Å². The number of nitrogens with one attached hydrogen (secondary N) is 2. The molecule has 0 aliphatic carbocycles. The fourth-order valence-electron chi connectivity index (χ4n) is 4.65. The van der Waals surface area contributed by atoms with Crippen molar-refractivity contribution in [3.63, 3.8) is 0 Å². The van der Waals surface area contributed by atoms with Crippen molar-refractivity contribution in [1.29, 1.82) is 0 Å². The highest BCUT2D eigenvalue weighted by Crippen LogP contribution is 2.26. The summed E-state index contributed by atoms with van der Waals surface area (Å²) in [6, 6.07) is 32.6. The molecule has 0 saturated heterocycles. The maximum Gasteiger partial charge on any atom is 0.243 e. The third-order valence-corrected chi connectivity index (χ3v) is 6.51. The summed E-state index contributed by atoms with van der Waals surface area (Å²) in [5.41, 5.74) is 8.55. The van der Waals surface area contributed by atoms with Crippen LogP contribution >= 0.6 is 12.4 Å². The lowest BCUT2D eigenvalue weighted by molar-refractivity contribution is -0.129. The van der Waals surface area contributed by atoms with Gasteiger partial charge in [-0.3, -0.25) is 9.59 Å². The lowest BCUT2D eigenvalue weighted by Gasteiger charge is -2.25. The average molecular weight is 516 g/mol. The van der Waals surface area contributed by atoms with Gasteiger partial charge in [0.2, 0.25) is 11.8 Å². The van der Waals surface area contributed by atoms with E-state index in [-0.39, 0.29) is 30.3 Å². The van der Waals surface area contributed by atoms with E-state index in [4.69, 9.17) is 5.73 Å². The second-order valence-electron chi connectivity index (χ2n) is 9.05. The van der Waals surface area contributed by atoms with Crippen molar-refractivity contribution in [2.45, 2.75) is 37.8 Å². The molecule has 4 aromatic carbocycles. The van der Waals surface area contributed by atoms with Gasteiger partial charge in [0.25, 0.3) is 0 Å². The summed E-state index contributed by atoms with van der Waals surface area (Å²) < 4.78 is 0. The van der Waals surface area contributed by atoms with Gasteiger partial charge in [-0.15, -0.1) is 12.4 Å². The van der Waals surface area contributed by atoms with Gasteiger partial charge in [0, 0.05) is 0 Å². The molecule has 0 fully saturated rings. The van der Waals surface area contributed by atoms with E-state index in [1.54, 1.807) is 0 Å². The number of rotatable bonds is 10. The topological polar surface area (TPSA) is 84.2 Å². The summed E-state index contributed by atoms with van der Waals surface area (Å²) in [4.78, 5) is 27.1. The van der Waals surface area contributed by atoms with Crippen LogP contribution in [0.1, 0.15) is 48.4 Å². The third-order valence-electron chi connectivity index (χ3n) is 6.51. The van der Waals surface area contributed by atoms with Gasteiger partial charge in [0.05, 0.1) is 12.0 Å². The third kappa shape index (κ3) is 6.97. The highest BCUT2D eigenvalue weighted by Gasteiger charge is 2.28.